The van der Waals surface area contributed by atoms with Crippen molar-refractivity contribution in [2.24, 2.45) is 0 Å². The molecule has 0 spiro atoms. The molecule has 27 heavy (non-hydrogen) atoms. The van der Waals surface area contributed by atoms with E-state index in [1.165, 1.54) is 51.4 Å². The van der Waals surface area contributed by atoms with Gasteiger partial charge in [0.15, 0.2) is 0 Å². The Morgan fingerprint density at radius 2 is 1.41 bits per heavy atom. The van der Waals surface area contributed by atoms with Crippen LogP contribution in [0.25, 0.3) is 0 Å². The molecule has 1 unspecified atom stereocenters. The maximum Gasteiger partial charge on any atom is 0.379 e. The van der Waals surface area contributed by atoms with Crippen LogP contribution >= 0.6 is 7.60 Å². The van der Waals surface area contributed by atoms with Crippen LogP contribution in [0.1, 0.15) is 96.5 Å². The molecule has 3 nitrogen and oxygen atoms in total. The first kappa shape index (κ1) is 24.2. The molecule has 0 N–H and O–H groups in total. The highest BCUT2D eigenvalue weighted by atomic mass is 31.2. The van der Waals surface area contributed by atoms with Gasteiger partial charge in [-0.1, -0.05) is 90.2 Å². The molecule has 0 aliphatic heterocycles. The zero-order valence-corrected chi connectivity index (χ0v) is 18.8. The average molecular weight is 397 g/mol. The first-order valence-corrected chi connectivity index (χ1v) is 12.8. The molecule has 0 fully saturated rings. The van der Waals surface area contributed by atoms with E-state index in [9.17, 15) is 4.57 Å². The summed E-state index contributed by atoms with van der Waals surface area (Å²) in [6.07, 6.45) is 15.2. The SMILES string of the molecule is CCCCCCCCCCCCOP(=O)(CCCC)Oc1cccc(C)c1. The summed E-state index contributed by atoms with van der Waals surface area (Å²) in [4.78, 5) is 0. The molecule has 0 saturated carbocycles. The van der Waals surface area contributed by atoms with Crippen LogP contribution in [0.4, 0.5) is 0 Å². The second kappa shape index (κ2) is 15.2. The summed E-state index contributed by atoms with van der Waals surface area (Å²) in [5.41, 5.74) is 1.10. The van der Waals surface area contributed by atoms with Crippen LogP contribution in [0.15, 0.2) is 24.3 Å². The van der Waals surface area contributed by atoms with Gasteiger partial charge in [-0.15, -0.1) is 0 Å². The monoisotopic (exact) mass is 396 g/mol. The molecule has 0 aliphatic rings. The molecule has 1 atom stereocenters. The van der Waals surface area contributed by atoms with Gasteiger partial charge in [0.05, 0.1) is 12.8 Å². The molecule has 0 bridgehead atoms. The first-order chi connectivity index (χ1) is 13.1. The van der Waals surface area contributed by atoms with Crippen molar-refractivity contribution in [1.82, 2.24) is 0 Å². The number of hydrogen-bond donors (Lipinski definition) is 0. The molecule has 0 amide bonds. The topological polar surface area (TPSA) is 35.5 Å². The Balaban J connectivity index is 2.23. The van der Waals surface area contributed by atoms with Crippen molar-refractivity contribution >= 4 is 7.60 Å². The van der Waals surface area contributed by atoms with Gasteiger partial charge in [-0.2, -0.15) is 0 Å². The van der Waals surface area contributed by atoms with Gasteiger partial charge in [0.2, 0.25) is 0 Å². The van der Waals surface area contributed by atoms with Crippen molar-refractivity contribution in [3.63, 3.8) is 0 Å². The number of benzene rings is 1. The Morgan fingerprint density at radius 3 is 2.00 bits per heavy atom. The van der Waals surface area contributed by atoms with Gasteiger partial charge in [0.1, 0.15) is 5.75 Å². The second-order valence-corrected chi connectivity index (χ2v) is 9.72. The van der Waals surface area contributed by atoms with E-state index >= 15 is 0 Å². The Bertz CT molecular complexity index is 530. The highest BCUT2D eigenvalue weighted by Gasteiger charge is 2.25. The zero-order valence-electron chi connectivity index (χ0n) is 17.9. The quantitative estimate of drug-likeness (QED) is 0.196. The normalized spacial score (nSPS) is 13.4. The maximum absolute atomic E-state index is 13.1. The third-order valence-electron chi connectivity index (χ3n) is 4.81. The molecule has 0 saturated heterocycles. The number of aryl methyl sites for hydroxylation is 1. The Labute approximate surface area is 167 Å². The van der Waals surface area contributed by atoms with E-state index in [0.717, 1.165) is 31.2 Å². The molecule has 1 aromatic rings. The van der Waals surface area contributed by atoms with Crippen molar-refractivity contribution in [2.45, 2.75) is 97.8 Å². The van der Waals surface area contributed by atoms with Crippen molar-refractivity contribution in [2.75, 3.05) is 12.8 Å². The van der Waals surface area contributed by atoms with Crippen LogP contribution in [0.2, 0.25) is 0 Å². The molecular formula is C23H41O3P. The Morgan fingerprint density at radius 1 is 0.815 bits per heavy atom. The highest BCUT2D eigenvalue weighted by molar-refractivity contribution is 7.54. The molecule has 156 valence electrons. The van der Waals surface area contributed by atoms with Gasteiger partial charge in [-0.25, -0.2) is 4.57 Å². The minimum atomic E-state index is -3.05. The fourth-order valence-corrected chi connectivity index (χ4v) is 4.93. The standard InChI is InChI=1S/C23H41O3P/c1-4-6-8-9-10-11-12-13-14-15-19-25-27(24,20-7-5-2)26-23-18-16-17-22(3)21-23/h16-18,21H,4-15,19-20H2,1-3H3. The minimum Gasteiger partial charge on any atom is -0.424 e. The Kier molecular flexibility index (Phi) is 13.6. The Hall–Kier alpha value is -0.790. The van der Waals surface area contributed by atoms with Crippen LogP contribution in [0.3, 0.4) is 0 Å². The fourth-order valence-electron chi connectivity index (χ4n) is 3.11. The van der Waals surface area contributed by atoms with Gasteiger partial charge in [-0.3, -0.25) is 4.52 Å². The fraction of sp³-hybridized carbons (Fsp3) is 0.739. The number of hydrogen-bond acceptors (Lipinski definition) is 3. The molecule has 0 aromatic heterocycles. The van der Waals surface area contributed by atoms with Crippen LogP contribution in [-0.2, 0) is 9.09 Å². The van der Waals surface area contributed by atoms with Crippen LogP contribution in [-0.4, -0.2) is 12.8 Å². The van der Waals surface area contributed by atoms with E-state index in [4.69, 9.17) is 9.05 Å². The largest absolute Gasteiger partial charge is 0.424 e. The summed E-state index contributed by atoms with van der Waals surface area (Å²) in [5, 5.41) is 0. The smallest absolute Gasteiger partial charge is 0.379 e. The molecule has 0 radical (unpaired) electrons. The van der Waals surface area contributed by atoms with E-state index in [1.807, 2.05) is 31.2 Å². The third kappa shape index (κ3) is 12.3. The zero-order chi connectivity index (χ0) is 19.8. The lowest BCUT2D eigenvalue weighted by Gasteiger charge is -2.19. The predicted molar refractivity (Wildman–Crippen MR) is 117 cm³/mol. The molecule has 1 rings (SSSR count). The lowest BCUT2D eigenvalue weighted by Crippen LogP contribution is -2.04. The summed E-state index contributed by atoms with van der Waals surface area (Å²) in [6, 6.07) is 7.71. The van der Waals surface area contributed by atoms with Gasteiger partial charge >= 0.3 is 7.60 Å². The van der Waals surface area contributed by atoms with Crippen molar-refractivity contribution in [1.29, 1.82) is 0 Å². The van der Waals surface area contributed by atoms with Crippen molar-refractivity contribution in [3.05, 3.63) is 29.8 Å². The predicted octanol–water partition coefficient (Wildman–Crippen LogP) is 8.30. The molecule has 0 heterocycles. The summed E-state index contributed by atoms with van der Waals surface area (Å²) >= 11 is 0. The first-order valence-electron chi connectivity index (χ1n) is 11.1. The second-order valence-electron chi connectivity index (χ2n) is 7.61. The van der Waals surface area contributed by atoms with E-state index in [2.05, 4.69) is 13.8 Å². The van der Waals surface area contributed by atoms with E-state index < -0.39 is 7.60 Å². The minimum absolute atomic E-state index is 0.495. The lowest BCUT2D eigenvalue weighted by molar-refractivity contribution is 0.257. The third-order valence-corrected chi connectivity index (χ3v) is 6.73. The van der Waals surface area contributed by atoms with Crippen LogP contribution < -0.4 is 4.52 Å². The summed E-state index contributed by atoms with van der Waals surface area (Å²) < 4.78 is 24.7. The van der Waals surface area contributed by atoms with E-state index in [0.29, 0.717) is 18.5 Å². The molecule has 1 aromatic carbocycles. The average Bonchev–Trinajstić information content (AvgIpc) is 2.64. The van der Waals surface area contributed by atoms with Crippen molar-refractivity contribution < 1.29 is 13.6 Å². The summed E-state index contributed by atoms with van der Waals surface area (Å²) in [7, 11) is -3.05. The maximum atomic E-state index is 13.1. The molecule has 0 aliphatic carbocycles. The van der Waals surface area contributed by atoms with Crippen LogP contribution in [0.5, 0.6) is 5.75 Å². The van der Waals surface area contributed by atoms with Gasteiger partial charge in [0, 0.05) is 0 Å². The van der Waals surface area contributed by atoms with Gasteiger partial charge in [-0.05, 0) is 37.5 Å². The van der Waals surface area contributed by atoms with E-state index in [-0.39, 0.29) is 0 Å². The van der Waals surface area contributed by atoms with Gasteiger partial charge in [0.25, 0.3) is 0 Å². The van der Waals surface area contributed by atoms with Crippen LogP contribution in [0, 0.1) is 6.92 Å². The summed E-state index contributed by atoms with van der Waals surface area (Å²) in [6.45, 7) is 6.90. The number of rotatable bonds is 17. The molecule has 4 heteroatoms. The van der Waals surface area contributed by atoms with Crippen molar-refractivity contribution in [3.8, 4) is 5.75 Å². The van der Waals surface area contributed by atoms with Gasteiger partial charge < -0.3 is 4.52 Å². The summed E-state index contributed by atoms with van der Waals surface area (Å²) in [5.74, 6) is 0.650. The van der Waals surface area contributed by atoms with E-state index in [1.54, 1.807) is 0 Å². The number of unbranched alkanes of at least 4 members (excludes halogenated alkanes) is 10. The molecular weight excluding hydrogens is 355 g/mol. The lowest BCUT2D eigenvalue weighted by atomic mass is 10.1. The highest BCUT2D eigenvalue weighted by Crippen LogP contribution is 2.49.